The maximum Gasteiger partial charge on any atom is 0.226 e. The highest BCUT2D eigenvalue weighted by Crippen LogP contribution is 2.27. The van der Waals surface area contributed by atoms with Crippen LogP contribution < -0.4 is 15.4 Å². The first kappa shape index (κ1) is 14.2. The summed E-state index contributed by atoms with van der Waals surface area (Å²) >= 11 is 5.92. The molecule has 0 fully saturated rings. The van der Waals surface area contributed by atoms with Gasteiger partial charge in [-0.2, -0.15) is 5.10 Å². The van der Waals surface area contributed by atoms with Gasteiger partial charge < -0.3 is 15.4 Å². The van der Waals surface area contributed by atoms with Gasteiger partial charge in [0.1, 0.15) is 5.75 Å². The quantitative estimate of drug-likeness (QED) is 0.765. The van der Waals surface area contributed by atoms with E-state index in [0.29, 0.717) is 29.4 Å². The zero-order valence-corrected chi connectivity index (χ0v) is 11.7. The van der Waals surface area contributed by atoms with Crippen molar-refractivity contribution in [2.24, 2.45) is 0 Å². The van der Waals surface area contributed by atoms with Crippen LogP contribution in [0.3, 0.4) is 0 Å². The molecule has 0 saturated carbocycles. The summed E-state index contributed by atoms with van der Waals surface area (Å²) < 4.78 is 5.21. The van der Waals surface area contributed by atoms with Crippen LogP contribution in [0.2, 0.25) is 5.02 Å². The molecule has 106 valence electrons. The number of aromatic amines is 1. The van der Waals surface area contributed by atoms with E-state index in [2.05, 4.69) is 20.8 Å². The van der Waals surface area contributed by atoms with E-state index in [0.717, 1.165) is 5.69 Å². The summed E-state index contributed by atoms with van der Waals surface area (Å²) in [6.07, 6.45) is 3.48. The number of ether oxygens (including phenoxy) is 1. The highest BCUT2D eigenvalue weighted by molar-refractivity contribution is 6.30. The molecule has 3 N–H and O–H groups in total. The van der Waals surface area contributed by atoms with E-state index < -0.39 is 0 Å². The van der Waals surface area contributed by atoms with Crippen molar-refractivity contribution in [3.05, 3.63) is 35.6 Å². The summed E-state index contributed by atoms with van der Waals surface area (Å²) in [5, 5.41) is 12.8. The van der Waals surface area contributed by atoms with Crippen molar-refractivity contribution in [3.63, 3.8) is 0 Å². The van der Waals surface area contributed by atoms with Crippen molar-refractivity contribution >= 4 is 28.9 Å². The van der Waals surface area contributed by atoms with E-state index in [9.17, 15) is 4.79 Å². The van der Waals surface area contributed by atoms with Crippen LogP contribution >= 0.6 is 11.6 Å². The van der Waals surface area contributed by atoms with E-state index >= 15 is 0 Å². The number of carbonyl (C=O) groups excluding carboxylic acids is 1. The first-order valence-corrected chi connectivity index (χ1v) is 6.43. The van der Waals surface area contributed by atoms with E-state index in [1.807, 2.05) is 0 Å². The van der Waals surface area contributed by atoms with Gasteiger partial charge in [0.15, 0.2) is 0 Å². The summed E-state index contributed by atoms with van der Waals surface area (Å²) in [4.78, 5) is 11.7. The number of hydrogen-bond acceptors (Lipinski definition) is 4. The van der Waals surface area contributed by atoms with Crippen LogP contribution in [0.1, 0.15) is 6.42 Å². The van der Waals surface area contributed by atoms with Gasteiger partial charge in [0.05, 0.1) is 24.7 Å². The topological polar surface area (TPSA) is 79.0 Å². The molecule has 1 aromatic carbocycles. The third-order valence-corrected chi connectivity index (χ3v) is 2.85. The number of nitrogens with one attached hydrogen (secondary N) is 3. The Bertz CT molecular complexity index is 572. The second kappa shape index (κ2) is 6.81. The lowest BCUT2D eigenvalue weighted by Gasteiger charge is -2.11. The number of anilines is 2. The molecular formula is C13H15ClN4O2. The molecule has 0 aliphatic carbocycles. The first-order valence-electron chi connectivity index (χ1n) is 6.05. The fraction of sp³-hybridized carbons (Fsp3) is 0.231. The van der Waals surface area contributed by atoms with Crippen LogP contribution in [0.4, 0.5) is 11.4 Å². The Morgan fingerprint density at radius 3 is 3.05 bits per heavy atom. The average Bonchev–Trinajstić information content (AvgIpc) is 2.92. The summed E-state index contributed by atoms with van der Waals surface area (Å²) in [5.74, 6) is 0.588. The third kappa shape index (κ3) is 3.89. The number of hydrogen-bond donors (Lipinski definition) is 3. The zero-order valence-electron chi connectivity index (χ0n) is 10.9. The minimum atomic E-state index is -0.0973. The highest BCUT2D eigenvalue weighted by atomic mass is 35.5. The number of H-pyrrole nitrogens is 1. The van der Waals surface area contributed by atoms with Gasteiger partial charge in [-0.05, 0) is 18.2 Å². The normalized spacial score (nSPS) is 10.1. The van der Waals surface area contributed by atoms with Crippen molar-refractivity contribution < 1.29 is 9.53 Å². The predicted molar refractivity (Wildman–Crippen MR) is 78.3 cm³/mol. The minimum Gasteiger partial charge on any atom is -0.495 e. The van der Waals surface area contributed by atoms with Crippen LogP contribution in [-0.2, 0) is 4.79 Å². The van der Waals surface area contributed by atoms with Crippen LogP contribution in [-0.4, -0.2) is 29.8 Å². The molecule has 20 heavy (non-hydrogen) atoms. The van der Waals surface area contributed by atoms with Gasteiger partial charge in [-0.25, -0.2) is 0 Å². The van der Waals surface area contributed by atoms with Crippen LogP contribution in [0.15, 0.2) is 30.6 Å². The molecule has 6 nitrogen and oxygen atoms in total. The summed E-state index contributed by atoms with van der Waals surface area (Å²) in [7, 11) is 1.58. The maximum absolute atomic E-state index is 11.7. The molecule has 2 aromatic rings. The number of rotatable bonds is 6. The monoisotopic (exact) mass is 294 g/mol. The van der Waals surface area contributed by atoms with Crippen molar-refractivity contribution in [1.82, 2.24) is 10.2 Å². The van der Waals surface area contributed by atoms with Crippen LogP contribution in [0.5, 0.6) is 5.75 Å². The number of methoxy groups -OCH3 is 1. The SMILES string of the molecule is COc1ccc(Cl)cc1NCCC(=O)Nc1cn[nH]c1. The average molecular weight is 295 g/mol. The van der Waals surface area contributed by atoms with Gasteiger partial charge in [-0.1, -0.05) is 11.6 Å². The molecule has 1 aromatic heterocycles. The Balaban J connectivity index is 1.83. The van der Waals surface area contributed by atoms with Gasteiger partial charge in [0.25, 0.3) is 0 Å². The Kier molecular flexibility index (Phi) is 4.84. The molecule has 0 atom stereocenters. The molecule has 0 spiro atoms. The summed E-state index contributed by atoms with van der Waals surface area (Å²) in [6, 6.07) is 5.28. The molecule has 0 radical (unpaired) electrons. The molecule has 0 bridgehead atoms. The van der Waals surface area contributed by atoms with E-state index in [1.165, 1.54) is 0 Å². The molecule has 1 heterocycles. The van der Waals surface area contributed by atoms with Gasteiger partial charge >= 0.3 is 0 Å². The first-order chi connectivity index (χ1) is 9.69. The molecule has 0 saturated heterocycles. The van der Waals surface area contributed by atoms with E-state index in [1.54, 1.807) is 37.7 Å². The largest absolute Gasteiger partial charge is 0.495 e. The summed E-state index contributed by atoms with van der Waals surface area (Å²) in [5.41, 5.74) is 1.41. The lowest BCUT2D eigenvalue weighted by Crippen LogP contribution is -2.16. The molecular weight excluding hydrogens is 280 g/mol. The number of halogens is 1. The molecule has 2 rings (SSSR count). The number of nitrogens with zero attached hydrogens (tertiary/aromatic N) is 1. The number of carbonyl (C=O) groups is 1. The molecule has 0 aliphatic rings. The Morgan fingerprint density at radius 2 is 2.35 bits per heavy atom. The van der Waals surface area contributed by atoms with Crippen molar-refractivity contribution in [3.8, 4) is 5.75 Å². The van der Waals surface area contributed by atoms with Crippen LogP contribution in [0, 0.1) is 0 Å². The zero-order chi connectivity index (χ0) is 14.4. The van der Waals surface area contributed by atoms with Gasteiger partial charge in [-0.15, -0.1) is 0 Å². The smallest absolute Gasteiger partial charge is 0.226 e. The van der Waals surface area contributed by atoms with E-state index in [4.69, 9.17) is 16.3 Å². The molecule has 0 aliphatic heterocycles. The summed E-state index contributed by atoms with van der Waals surface area (Å²) in [6.45, 7) is 0.473. The Hall–Kier alpha value is -2.21. The maximum atomic E-state index is 11.7. The second-order valence-electron chi connectivity index (χ2n) is 4.06. The Labute approximate surface area is 121 Å². The lowest BCUT2D eigenvalue weighted by molar-refractivity contribution is -0.115. The van der Waals surface area contributed by atoms with Crippen LogP contribution in [0.25, 0.3) is 0 Å². The molecule has 0 unspecified atom stereocenters. The van der Waals surface area contributed by atoms with Crippen molar-refractivity contribution in [2.45, 2.75) is 6.42 Å². The standard InChI is InChI=1S/C13H15ClN4O2/c1-20-12-3-2-9(14)6-11(12)15-5-4-13(19)18-10-7-16-17-8-10/h2-3,6-8,15H,4-5H2,1H3,(H,16,17)(H,18,19). The van der Waals surface area contributed by atoms with Gasteiger partial charge in [0.2, 0.25) is 5.91 Å². The third-order valence-electron chi connectivity index (χ3n) is 2.61. The molecule has 1 amide bonds. The fourth-order valence-corrected chi connectivity index (χ4v) is 1.84. The minimum absolute atomic E-state index is 0.0973. The van der Waals surface area contributed by atoms with Gasteiger partial charge in [0, 0.05) is 24.2 Å². The fourth-order valence-electron chi connectivity index (χ4n) is 1.67. The number of aromatic nitrogens is 2. The van der Waals surface area contributed by atoms with Gasteiger partial charge in [-0.3, -0.25) is 9.89 Å². The number of amides is 1. The lowest BCUT2D eigenvalue weighted by atomic mass is 10.2. The number of benzene rings is 1. The van der Waals surface area contributed by atoms with E-state index in [-0.39, 0.29) is 5.91 Å². The van der Waals surface area contributed by atoms with Crippen molar-refractivity contribution in [2.75, 3.05) is 24.3 Å². The highest BCUT2D eigenvalue weighted by Gasteiger charge is 2.06. The Morgan fingerprint density at radius 1 is 1.50 bits per heavy atom. The predicted octanol–water partition coefficient (Wildman–Crippen LogP) is 2.51. The molecule has 7 heteroatoms. The van der Waals surface area contributed by atoms with Crippen molar-refractivity contribution in [1.29, 1.82) is 0 Å². The second-order valence-corrected chi connectivity index (χ2v) is 4.49.